The van der Waals surface area contributed by atoms with Crippen LogP contribution in [0.15, 0.2) is 24.3 Å². The quantitative estimate of drug-likeness (QED) is 0.783. The van der Waals surface area contributed by atoms with Crippen molar-refractivity contribution in [3.05, 3.63) is 29.8 Å². The summed E-state index contributed by atoms with van der Waals surface area (Å²) < 4.78 is 11.2. The lowest BCUT2D eigenvalue weighted by Crippen LogP contribution is -2.22. The number of hydrogen-bond acceptors (Lipinski definition) is 4. The van der Waals surface area contributed by atoms with Gasteiger partial charge in [0.1, 0.15) is 5.78 Å². The van der Waals surface area contributed by atoms with Gasteiger partial charge < -0.3 is 14.8 Å². The molecular weight excluding hydrogens is 294 g/mol. The van der Waals surface area contributed by atoms with Crippen molar-refractivity contribution in [3.63, 3.8) is 0 Å². The zero-order valence-corrected chi connectivity index (χ0v) is 13.8. The Morgan fingerprint density at radius 1 is 1.26 bits per heavy atom. The fraction of sp³-hybridized carbons (Fsp3) is 0.556. The van der Waals surface area contributed by atoms with E-state index in [0.29, 0.717) is 12.3 Å². The third-order valence-corrected chi connectivity index (χ3v) is 3.79. The van der Waals surface area contributed by atoms with Crippen LogP contribution in [0.25, 0.3) is 0 Å². The van der Waals surface area contributed by atoms with Gasteiger partial charge in [-0.2, -0.15) is 0 Å². The minimum Gasteiger partial charge on any atom is -0.353 e. The predicted molar refractivity (Wildman–Crippen MR) is 87.9 cm³/mol. The lowest BCUT2D eigenvalue weighted by Gasteiger charge is -2.22. The van der Waals surface area contributed by atoms with E-state index in [0.717, 1.165) is 31.4 Å². The van der Waals surface area contributed by atoms with Crippen molar-refractivity contribution in [1.29, 1.82) is 0 Å². The molecule has 0 aliphatic carbocycles. The Bertz CT molecular complexity index is 518. The summed E-state index contributed by atoms with van der Waals surface area (Å²) in [5.74, 6) is -0.453. The van der Waals surface area contributed by atoms with Gasteiger partial charge >= 0.3 is 0 Å². The highest BCUT2D eigenvalue weighted by molar-refractivity contribution is 6.04. The van der Waals surface area contributed by atoms with E-state index in [4.69, 9.17) is 9.47 Å². The summed E-state index contributed by atoms with van der Waals surface area (Å²) >= 11 is 0. The van der Waals surface area contributed by atoms with Crippen LogP contribution >= 0.6 is 0 Å². The molecule has 0 radical (unpaired) electrons. The van der Waals surface area contributed by atoms with E-state index in [9.17, 15) is 9.59 Å². The van der Waals surface area contributed by atoms with Crippen LogP contribution in [-0.4, -0.2) is 24.6 Å². The largest absolute Gasteiger partial charge is 0.353 e. The minimum absolute atomic E-state index is 0.0556. The van der Waals surface area contributed by atoms with Crippen molar-refractivity contribution >= 4 is 17.4 Å². The molecule has 5 nitrogen and oxygen atoms in total. The molecule has 0 bridgehead atoms. The number of nitrogens with one attached hydrogen (secondary N) is 1. The number of ether oxygens (including phenoxy) is 2. The fourth-order valence-corrected chi connectivity index (χ4v) is 2.28. The number of hydrogen-bond donors (Lipinski definition) is 1. The first kappa shape index (κ1) is 17.6. The number of ketones is 1. The van der Waals surface area contributed by atoms with E-state index in [-0.39, 0.29) is 30.3 Å². The van der Waals surface area contributed by atoms with Crippen molar-refractivity contribution in [3.8, 4) is 0 Å². The molecule has 1 amide bonds. The summed E-state index contributed by atoms with van der Waals surface area (Å²) in [5, 5.41) is 2.74. The third kappa shape index (κ3) is 6.12. The van der Waals surface area contributed by atoms with Gasteiger partial charge in [-0.25, -0.2) is 0 Å². The Morgan fingerprint density at radius 3 is 2.61 bits per heavy atom. The average Bonchev–Trinajstić information content (AvgIpc) is 2.55. The Balaban J connectivity index is 1.77. The molecule has 1 aromatic rings. The van der Waals surface area contributed by atoms with E-state index in [1.807, 2.05) is 24.3 Å². The molecule has 5 heteroatoms. The van der Waals surface area contributed by atoms with Crippen LogP contribution in [0.2, 0.25) is 0 Å². The normalized spacial score (nSPS) is 18.0. The molecule has 0 saturated carbocycles. The summed E-state index contributed by atoms with van der Waals surface area (Å²) in [5.41, 5.74) is 1.71. The molecule has 1 saturated heterocycles. The van der Waals surface area contributed by atoms with Crippen LogP contribution in [0.5, 0.6) is 0 Å². The second kappa shape index (κ2) is 8.79. The summed E-state index contributed by atoms with van der Waals surface area (Å²) in [7, 11) is 0. The van der Waals surface area contributed by atoms with E-state index in [1.54, 1.807) is 13.8 Å². The second-order valence-corrected chi connectivity index (χ2v) is 6.15. The molecule has 1 aliphatic heterocycles. The number of carbonyl (C=O) groups excluding carboxylic acids is 2. The molecule has 1 aromatic carbocycles. The molecule has 1 heterocycles. The first-order valence-corrected chi connectivity index (χ1v) is 8.19. The number of rotatable bonds is 7. The van der Waals surface area contributed by atoms with Gasteiger partial charge in [0.15, 0.2) is 6.29 Å². The van der Waals surface area contributed by atoms with Crippen molar-refractivity contribution in [2.24, 2.45) is 5.92 Å². The van der Waals surface area contributed by atoms with Crippen molar-refractivity contribution < 1.29 is 19.1 Å². The molecule has 1 fully saturated rings. The first-order valence-electron chi connectivity index (χ1n) is 8.19. The summed E-state index contributed by atoms with van der Waals surface area (Å²) in [4.78, 5) is 23.3. The van der Waals surface area contributed by atoms with Gasteiger partial charge in [0, 0.05) is 18.2 Å². The van der Waals surface area contributed by atoms with Gasteiger partial charge in [-0.3, -0.25) is 9.59 Å². The standard InChI is InChI=1S/C18H25NO4/c1-13(2)16(20)11-17(21)19-15-8-6-14(7-9-15)12-23-18-5-3-4-10-22-18/h6-9,13,18H,3-5,10-12H2,1-2H3,(H,19,21). The van der Waals surface area contributed by atoms with Gasteiger partial charge in [0.05, 0.1) is 13.0 Å². The summed E-state index contributed by atoms with van der Waals surface area (Å²) in [6.07, 6.45) is 3.00. The van der Waals surface area contributed by atoms with Gasteiger partial charge in [-0.1, -0.05) is 26.0 Å². The van der Waals surface area contributed by atoms with Gasteiger partial charge in [0.2, 0.25) is 5.91 Å². The van der Waals surface area contributed by atoms with Crippen LogP contribution in [0.3, 0.4) is 0 Å². The van der Waals surface area contributed by atoms with E-state index < -0.39 is 0 Å². The molecule has 0 spiro atoms. The molecule has 23 heavy (non-hydrogen) atoms. The average molecular weight is 319 g/mol. The highest BCUT2D eigenvalue weighted by Gasteiger charge is 2.14. The molecule has 1 unspecified atom stereocenters. The predicted octanol–water partition coefficient (Wildman–Crippen LogP) is 3.28. The third-order valence-electron chi connectivity index (χ3n) is 3.79. The fourth-order valence-electron chi connectivity index (χ4n) is 2.28. The number of benzene rings is 1. The van der Waals surface area contributed by atoms with Gasteiger partial charge in [-0.15, -0.1) is 0 Å². The molecule has 1 atom stereocenters. The van der Waals surface area contributed by atoms with Gasteiger partial charge in [0.25, 0.3) is 0 Å². The van der Waals surface area contributed by atoms with Crippen LogP contribution in [-0.2, 0) is 25.7 Å². The highest BCUT2D eigenvalue weighted by atomic mass is 16.7. The van der Waals surface area contributed by atoms with E-state index in [2.05, 4.69) is 5.32 Å². The van der Waals surface area contributed by atoms with Crippen molar-refractivity contribution in [2.45, 2.75) is 52.4 Å². The topological polar surface area (TPSA) is 64.6 Å². The SMILES string of the molecule is CC(C)C(=O)CC(=O)Nc1ccc(COC2CCCCO2)cc1. The monoisotopic (exact) mass is 319 g/mol. The smallest absolute Gasteiger partial charge is 0.231 e. The maximum atomic E-state index is 11.8. The number of amides is 1. The van der Waals surface area contributed by atoms with Crippen molar-refractivity contribution in [1.82, 2.24) is 0 Å². The maximum Gasteiger partial charge on any atom is 0.231 e. The Kier molecular flexibility index (Phi) is 6.74. The van der Waals surface area contributed by atoms with Crippen LogP contribution < -0.4 is 5.32 Å². The van der Waals surface area contributed by atoms with Crippen LogP contribution in [0, 0.1) is 5.92 Å². The van der Waals surface area contributed by atoms with E-state index >= 15 is 0 Å². The minimum atomic E-state index is -0.275. The van der Waals surface area contributed by atoms with Crippen LogP contribution in [0.1, 0.15) is 45.1 Å². The molecule has 1 aliphatic rings. The molecule has 2 rings (SSSR count). The zero-order valence-electron chi connectivity index (χ0n) is 13.8. The van der Waals surface area contributed by atoms with Crippen LogP contribution in [0.4, 0.5) is 5.69 Å². The molecule has 126 valence electrons. The zero-order chi connectivity index (χ0) is 16.7. The first-order chi connectivity index (χ1) is 11.0. The molecular formula is C18H25NO4. The summed E-state index contributed by atoms with van der Waals surface area (Å²) in [6, 6.07) is 7.45. The lowest BCUT2D eigenvalue weighted by atomic mass is 10.1. The molecule has 1 N–H and O–H groups in total. The maximum absolute atomic E-state index is 11.8. The Hall–Kier alpha value is -1.72. The Labute approximate surface area is 137 Å². The number of carbonyl (C=O) groups is 2. The van der Waals surface area contributed by atoms with Gasteiger partial charge in [-0.05, 0) is 37.0 Å². The lowest BCUT2D eigenvalue weighted by molar-refractivity contribution is -0.168. The summed E-state index contributed by atoms with van der Waals surface area (Å²) in [6.45, 7) is 4.84. The Morgan fingerprint density at radius 2 is 2.00 bits per heavy atom. The molecule has 0 aromatic heterocycles. The highest BCUT2D eigenvalue weighted by Crippen LogP contribution is 2.17. The number of Topliss-reactive ketones (excluding diaryl/α,β-unsaturated/α-hetero) is 1. The van der Waals surface area contributed by atoms with E-state index in [1.165, 1.54) is 0 Å². The number of anilines is 1. The second-order valence-electron chi connectivity index (χ2n) is 6.15. The van der Waals surface area contributed by atoms with Crippen molar-refractivity contribution in [2.75, 3.05) is 11.9 Å².